The molecule has 0 N–H and O–H groups in total. The number of amides is 1. The molecule has 2 aromatic rings. The van der Waals surface area contributed by atoms with E-state index in [9.17, 15) is 13.6 Å². The molecule has 1 unspecified atom stereocenters. The molecule has 2 aromatic carbocycles. The first kappa shape index (κ1) is 18.6. The Bertz CT molecular complexity index is 733. The number of rotatable bonds is 7. The third-order valence-corrected chi connectivity index (χ3v) is 4.98. The van der Waals surface area contributed by atoms with Gasteiger partial charge in [-0.15, -0.1) is 0 Å². The standard InChI is InChI=1S/C22H25F2NO/c1-16(18-12-13-18)25(15-22(2,23)24)21(26)14-17-8-10-20(11-9-17)19-6-4-3-5-7-19/h3-11,16,18H,12-15H2,1-2H3. The summed E-state index contributed by atoms with van der Waals surface area (Å²) in [4.78, 5) is 14.1. The predicted molar refractivity (Wildman–Crippen MR) is 100 cm³/mol. The fourth-order valence-electron chi connectivity index (χ4n) is 3.31. The first-order valence-corrected chi connectivity index (χ1v) is 9.15. The molecule has 1 atom stereocenters. The van der Waals surface area contributed by atoms with E-state index in [-0.39, 0.29) is 18.4 Å². The zero-order chi connectivity index (χ0) is 18.7. The Labute approximate surface area is 153 Å². The molecule has 26 heavy (non-hydrogen) atoms. The first-order chi connectivity index (χ1) is 12.3. The SMILES string of the molecule is CC(C1CC1)N(CC(C)(F)F)C(=O)Cc1ccc(-c2ccccc2)cc1. The third-order valence-electron chi connectivity index (χ3n) is 4.98. The number of hydrogen-bond donors (Lipinski definition) is 0. The molecule has 3 rings (SSSR count). The summed E-state index contributed by atoms with van der Waals surface area (Å²) in [5, 5.41) is 0. The maximum absolute atomic E-state index is 13.6. The summed E-state index contributed by atoms with van der Waals surface area (Å²) in [7, 11) is 0. The summed E-state index contributed by atoms with van der Waals surface area (Å²) < 4.78 is 27.1. The maximum atomic E-state index is 13.6. The lowest BCUT2D eigenvalue weighted by molar-refractivity contribution is -0.138. The van der Waals surface area contributed by atoms with Crippen LogP contribution in [-0.2, 0) is 11.2 Å². The Morgan fingerprint density at radius 1 is 1.08 bits per heavy atom. The molecule has 0 spiro atoms. The molecule has 138 valence electrons. The van der Waals surface area contributed by atoms with Crippen molar-refractivity contribution in [1.29, 1.82) is 0 Å². The summed E-state index contributed by atoms with van der Waals surface area (Å²) in [6.45, 7) is 2.26. The van der Waals surface area contributed by atoms with E-state index < -0.39 is 12.5 Å². The highest BCUT2D eigenvalue weighted by Gasteiger charge is 2.38. The van der Waals surface area contributed by atoms with Crippen LogP contribution < -0.4 is 0 Å². The molecule has 2 nitrogen and oxygen atoms in total. The van der Waals surface area contributed by atoms with E-state index in [1.54, 1.807) is 0 Å². The van der Waals surface area contributed by atoms with E-state index in [0.29, 0.717) is 5.92 Å². The van der Waals surface area contributed by atoms with Gasteiger partial charge in [-0.1, -0.05) is 54.6 Å². The second-order valence-corrected chi connectivity index (χ2v) is 7.41. The molecule has 1 saturated carbocycles. The molecule has 1 aliphatic rings. The molecule has 1 fully saturated rings. The highest BCUT2D eigenvalue weighted by Crippen LogP contribution is 2.36. The quantitative estimate of drug-likeness (QED) is 0.669. The fraction of sp³-hybridized carbons (Fsp3) is 0.409. The number of halogens is 2. The highest BCUT2D eigenvalue weighted by molar-refractivity contribution is 5.79. The molecule has 1 aliphatic carbocycles. The van der Waals surface area contributed by atoms with Gasteiger partial charge in [0.1, 0.15) is 0 Å². The molecule has 1 amide bonds. The first-order valence-electron chi connectivity index (χ1n) is 9.15. The van der Waals surface area contributed by atoms with Crippen molar-refractivity contribution < 1.29 is 13.6 Å². The summed E-state index contributed by atoms with van der Waals surface area (Å²) in [5.74, 6) is -2.74. The second kappa shape index (κ2) is 7.56. The molecule has 0 aromatic heterocycles. The Balaban J connectivity index is 1.70. The van der Waals surface area contributed by atoms with Gasteiger partial charge in [-0.05, 0) is 42.4 Å². The van der Waals surface area contributed by atoms with Crippen LogP contribution in [0.15, 0.2) is 54.6 Å². The number of nitrogens with zero attached hydrogens (tertiary/aromatic N) is 1. The van der Waals surface area contributed by atoms with Crippen LogP contribution in [0.1, 0.15) is 32.3 Å². The molecule has 0 heterocycles. The summed E-state index contributed by atoms with van der Waals surface area (Å²) in [5.41, 5.74) is 3.03. The van der Waals surface area contributed by atoms with E-state index in [4.69, 9.17) is 0 Å². The van der Waals surface area contributed by atoms with Crippen molar-refractivity contribution in [2.45, 2.75) is 45.1 Å². The smallest absolute Gasteiger partial charge is 0.262 e. The van der Waals surface area contributed by atoms with Gasteiger partial charge < -0.3 is 4.90 Å². The second-order valence-electron chi connectivity index (χ2n) is 7.41. The van der Waals surface area contributed by atoms with Crippen molar-refractivity contribution in [2.24, 2.45) is 5.92 Å². The Morgan fingerprint density at radius 2 is 1.65 bits per heavy atom. The van der Waals surface area contributed by atoms with Crippen molar-refractivity contribution in [3.05, 3.63) is 60.2 Å². The highest BCUT2D eigenvalue weighted by atomic mass is 19.3. The molecular weight excluding hydrogens is 332 g/mol. The molecule has 0 saturated heterocycles. The number of hydrogen-bond acceptors (Lipinski definition) is 1. The average molecular weight is 357 g/mol. The minimum absolute atomic E-state index is 0.128. The van der Waals surface area contributed by atoms with Crippen LogP contribution >= 0.6 is 0 Å². The van der Waals surface area contributed by atoms with Gasteiger partial charge in [-0.2, -0.15) is 0 Å². The van der Waals surface area contributed by atoms with Gasteiger partial charge in [-0.3, -0.25) is 4.79 Å². The van der Waals surface area contributed by atoms with Gasteiger partial charge in [0.05, 0.1) is 13.0 Å². The Kier molecular flexibility index (Phi) is 5.40. The van der Waals surface area contributed by atoms with Gasteiger partial charge in [0.15, 0.2) is 0 Å². The van der Waals surface area contributed by atoms with Crippen molar-refractivity contribution in [3.63, 3.8) is 0 Å². The van der Waals surface area contributed by atoms with E-state index in [1.807, 2.05) is 61.5 Å². The normalized spacial score (nSPS) is 15.5. The average Bonchev–Trinajstić information content (AvgIpc) is 3.45. The Hall–Kier alpha value is -2.23. The minimum atomic E-state index is -2.88. The molecule has 0 radical (unpaired) electrons. The lowest BCUT2D eigenvalue weighted by Crippen LogP contribution is -2.46. The van der Waals surface area contributed by atoms with Crippen molar-refractivity contribution in [1.82, 2.24) is 4.90 Å². The largest absolute Gasteiger partial charge is 0.333 e. The van der Waals surface area contributed by atoms with Crippen LogP contribution in [0.2, 0.25) is 0 Å². The van der Waals surface area contributed by atoms with Gasteiger partial charge in [-0.25, -0.2) is 8.78 Å². The number of benzene rings is 2. The lowest BCUT2D eigenvalue weighted by atomic mass is 10.0. The lowest BCUT2D eigenvalue weighted by Gasteiger charge is -2.31. The summed E-state index contributed by atoms with van der Waals surface area (Å²) in [6, 6.07) is 17.6. The van der Waals surface area contributed by atoms with Crippen molar-refractivity contribution in [2.75, 3.05) is 6.54 Å². The number of carbonyl (C=O) groups excluding carboxylic acids is 1. The fourth-order valence-corrected chi connectivity index (χ4v) is 3.31. The van der Waals surface area contributed by atoms with Gasteiger partial charge in [0, 0.05) is 13.0 Å². The van der Waals surface area contributed by atoms with Gasteiger partial charge in [0.2, 0.25) is 5.91 Å². The number of alkyl halides is 2. The summed E-state index contributed by atoms with van der Waals surface area (Å²) in [6.07, 6.45) is 2.19. The topological polar surface area (TPSA) is 20.3 Å². The van der Waals surface area contributed by atoms with Crippen LogP contribution in [0.3, 0.4) is 0 Å². The van der Waals surface area contributed by atoms with Gasteiger partial charge >= 0.3 is 0 Å². The van der Waals surface area contributed by atoms with Crippen LogP contribution in [0, 0.1) is 5.92 Å². The van der Waals surface area contributed by atoms with Crippen molar-refractivity contribution >= 4 is 5.91 Å². The van der Waals surface area contributed by atoms with Crippen molar-refractivity contribution in [3.8, 4) is 11.1 Å². The predicted octanol–water partition coefficient (Wildman–Crippen LogP) is 5.18. The third kappa shape index (κ3) is 4.90. The van der Waals surface area contributed by atoms with E-state index in [0.717, 1.165) is 36.5 Å². The summed E-state index contributed by atoms with van der Waals surface area (Å²) >= 11 is 0. The van der Waals surface area contributed by atoms with Crippen LogP contribution in [-0.4, -0.2) is 29.3 Å². The minimum Gasteiger partial charge on any atom is -0.333 e. The van der Waals surface area contributed by atoms with Crippen LogP contribution in [0.25, 0.3) is 11.1 Å². The molecule has 0 bridgehead atoms. The Morgan fingerprint density at radius 3 is 2.19 bits per heavy atom. The van der Waals surface area contributed by atoms with Gasteiger partial charge in [0.25, 0.3) is 5.92 Å². The van der Waals surface area contributed by atoms with E-state index >= 15 is 0 Å². The maximum Gasteiger partial charge on any atom is 0.262 e. The molecular formula is C22H25F2NO. The van der Waals surface area contributed by atoms with E-state index in [2.05, 4.69) is 0 Å². The number of carbonyl (C=O) groups is 1. The zero-order valence-corrected chi connectivity index (χ0v) is 15.3. The van der Waals surface area contributed by atoms with Crippen LogP contribution in [0.4, 0.5) is 8.78 Å². The molecule has 0 aliphatic heterocycles. The van der Waals surface area contributed by atoms with E-state index in [1.165, 1.54) is 4.90 Å². The zero-order valence-electron chi connectivity index (χ0n) is 15.3. The van der Waals surface area contributed by atoms with Crippen LogP contribution in [0.5, 0.6) is 0 Å². The monoisotopic (exact) mass is 357 g/mol. The molecule has 4 heteroatoms.